The van der Waals surface area contributed by atoms with Gasteiger partial charge in [-0.2, -0.15) is 0 Å². The smallest absolute Gasteiger partial charge is 0.497 e. The number of hydrogen-bond donors (Lipinski definition) is 0. The van der Waals surface area contributed by atoms with Crippen LogP contribution in [-0.4, -0.2) is 19.2 Å². The maximum Gasteiger partial charge on any atom is 0.519 e. The molecule has 1 aromatic heterocycles. The quantitative estimate of drug-likeness (QED) is 0.122. The normalized spacial score (nSPS) is 12.6. The number of rotatable bonds is 7. The van der Waals surface area contributed by atoms with E-state index in [9.17, 15) is 9.59 Å². The van der Waals surface area contributed by atoms with Crippen molar-refractivity contribution < 1.29 is 33.0 Å². The van der Waals surface area contributed by atoms with Gasteiger partial charge in [0, 0.05) is 23.1 Å². The van der Waals surface area contributed by atoms with E-state index in [2.05, 4.69) is 13.8 Å². The van der Waals surface area contributed by atoms with E-state index in [0.29, 0.717) is 34.2 Å². The van der Waals surface area contributed by atoms with Crippen LogP contribution in [0.5, 0.6) is 23.0 Å². The third kappa shape index (κ3) is 5.29. The average molecular weight is 525 g/mol. The monoisotopic (exact) mass is 524 g/mol. The average Bonchev–Trinajstić information content (AvgIpc) is 3.30. The summed E-state index contributed by atoms with van der Waals surface area (Å²) in [5.74, 6) is 1.56. The van der Waals surface area contributed by atoms with E-state index in [1.807, 2.05) is 42.5 Å². The number of ether oxygens (including phenoxy) is 4. The second-order valence-corrected chi connectivity index (χ2v) is 9.40. The number of fused-ring (bicyclic) bond motifs is 3. The number of hydrogen-bond acceptors (Lipinski definition) is 7. The second kappa shape index (κ2) is 10.5. The van der Waals surface area contributed by atoms with Crippen LogP contribution < -0.4 is 18.9 Å². The molecule has 0 saturated heterocycles. The highest BCUT2D eigenvalue weighted by atomic mass is 16.7. The number of methoxy groups -OCH3 is 1. The summed E-state index contributed by atoms with van der Waals surface area (Å²) in [5, 5.41) is 1.66. The predicted molar refractivity (Wildman–Crippen MR) is 148 cm³/mol. The summed E-state index contributed by atoms with van der Waals surface area (Å²) >= 11 is 0. The number of benzene rings is 4. The lowest BCUT2D eigenvalue weighted by molar-refractivity contribution is -0.131. The molecule has 39 heavy (non-hydrogen) atoms. The Morgan fingerprint density at radius 3 is 1.67 bits per heavy atom. The van der Waals surface area contributed by atoms with Gasteiger partial charge >= 0.3 is 12.1 Å². The van der Waals surface area contributed by atoms with Crippen molar-refractivity contribution in [2.24, 2.45) is 0 Å². The van der Waals surface area contributed by atoms with E-state index in [1.165, 1.54) is 6.92 Å². The van der Waals surface area contributed by atoms with Crippen molar-refractivity contribution in [3.63, 3.8) is 0 Å². The standard InChI is InChI=1S/C32H28O7/c1-5-32(3,21-6-10-23(11-7-21)36-20(2)33)22-8-12-24(13-9-22)37-31(34)38-26-15-17-30-28(19-26)27-18-25(35-4)14-16-29(27)39-30/h6-19H,5H2,1-4H3. The van der Waals surface area contributed by atoms with Crippen LogP contribution in [0.3, 0.4) is 0 Å². The number of furan rings is 1. The molecule has 0 amide bonds. The molecule has 0 bridgehead atoms. The molecule has 7 heteroatoms. The molecule has 0 aliphatic rings. The van der Waals surface area contributed by atoms with Crippen molar-refractivity contribution in [3.05, 3.63) is 96.1 Å². The highest BCUT2D eigenvalue weighted by Crippen LogP contribution is 2.37. The van der Waals surface area contributed by atoms with E-state index in [1.54, 1.807) is 49.6 Å². The molecule has 1 unspecified atom stereocenters. The van der Waals surface area contributed by atoms with E-state index in [4.69, 9.17) is 23.4 Å². The zero-order chi connectivity index (χ0) is 27.6. The Morgan fingerprint density at radius 2 is 1.15 bits per heavy atom. The Balaban J connectivity index is 1.29. The third-order valence-corrected chi connectivity index (χ3v) is 7.00. The molecule has 0 radical (unpaired) electrons. The summed E-state index contributed by atoms with van der Waals surface area (Å²) in [6.45, 7) is 5.63. The lowest BCUT2D eigenvalue weighted by Gasteiger charge is -2.30. The van der Waals surface area contributed by atoms with Gasteiger partial charge in [-0.15, -0.1) is 0 Å². The summed E-state index contributed by atoms with van der Waals surface area (Å²) in [6, 6.07) is 25.6. The van der Waals surface area contributed by atoms with Gasteiger partial charge < -0.3 is 23.4 Å². The molecule has 0 aliphatic heterocycles. The Bertz CT molecular complexity index is 1650. The largest absolute Gasteiger partial charge is 0.519 e. The summed E-state index contributed by atoms with van der Waals surface area (Å²) in [5.41, 5.74) is 3.23. The van der Waals surface area contributed by atoms with Crippen LogP contribution in [0.4, 0.5) is 4.79 Å². The number of esters is 1. The van der Waals surface area contributed by atoms with Crippen LogP contribution in [0.2, 0.25) is 0 Å². The van der Waals surface area contributed by atoms with Gasteiger partial charge in [-0.3, -0.25) is 4.79 Å². The molecule has 0 fully saturated rings. The van der Waals surface area contributed by atoms with E-state index < -0.39 is 6.16 Å². The van der Waals surface area contributed by atoms with Gasteiger partial charge in [0.15, 0.2) is 0 Å². The molecule has 0 spiro atoms. The maximum absolute atomic E-state index is 12.6. The van der Waals surface area contributed by atoms with Crippen LogP contribution in [0.25, 0.3) is 21.9 Å². The number of carbonyl (C=O) groups excluding carboxylic acids is 2. The van der Waals surface area contributed by atoms with Crippen molar-refractivity contribution in [1.29, 1.82) is 0 Å². The first-order valence-corrected chi connectivity index (χ1v) is 12.6. The molecule has 0 aliphatic carbocycles. The summed E-state index contributed by atoms with van der Waals surface area (Å²) < 4.78 is 27.2. The van der Waals surface area contributed by atoms with Gasteiger partial charge in [-0.05, 0) is 78.2 Å². The molecule has 198 valence electrons. The van der Waals surface area contributed by atoms with Crippen LogP contribution in [-0.2, 0) is 10.2 Å². The first-order valence-electron chi connectivity index (χ1n) is 12.6. The summed E-state index contributed by atoms with van der Waals surface area (Å²) in [7, 11) is 1.60. The lowest BCUT2D eigenvalue weighted by atomic mass is 9.74. The molecule has 1 atom stereocenters. The minimum absolute atomic E-state index is 0.292. The molecule has 7 nitrogen and oxygen atoms in total. The van der Waals surface area contributed by atoms with Gasteiger partial charge in [0.05, 0.1) is 7.11 Å². The molecular weight excluding hydrogens is 496 g/mol. The van der Waals surface area contributed by atoms with Gasteiger partial charge in [0.25, 0.3) is 0 Å². The van der Waals surface area contributed by atoms with Crippen molar-refractivity contribution in [2.45, 2.75) is 32.6 Å². The number of carbonyl (C=O) groups is 2. The molecule has 1 heterocycles. The van der Waals surface area contributed by atoms with Crippen LogP contribution in [0, 0.1) is 0 Å². The van der Waals surface area contributed by atoms with Crippen LogP contribution in [0.15, 0.2) is 89.3 Å². The summed E-state index contributed by atoms with van der Waals surface area (Å²) in [4.78, 5) is 23.8. The highest BCUT2D eigenvalue weighted by Gasteiger charge is 2.27. The van der Waals surface area contributed by atoms with Crippen LogP contribution in [0.1, 0.15) is 38.3 Å². The van der Waals surface area contributed by atoms with Crippen LogP contribution >= 0.6 is 0 Å². The Morgan fingerprint density at radius 1 is 0.692 bits per heavy atom. The van der Waals surface area contributed by atoms with Gasteiger partial charge in [0.2, 0.25) is 0 Å². The minimum Gasteiger partial charge on any atom is -0.497 e. The first kappa shape index (κ1) is 25.9. The second-order valence-electron chi connectivity index (χ2n) is 9.40. The van der Waals surface area contributed by atoms with Gasteiger partial charge in [-0.1, -0.05) is 38.1 Å². The molecule has 0 saturated carbocycles. The minimum atomic E-state index is -0.841. The Hall–Kier alpha value is -4.78. The van der Waals surface area contributed by atoms with Crippen molar-refractivity contribution in [1.82, 2.24) is 0 Å². The molecule has 5 aromatic rings. The highest BCUT2D eigenvalue weighted by molar-refractivity contribution is 6.06. The van der Waals surface area contributed by atoms with E-state index in [-0.39, 0.29) is 11.4 Å². The van der Waals surface area contributed by atoms with E-state index in [0.717, 1.165) is 28.3 Å². The van der Waals surface area contributed by atoms with Crippen molar-refractivity contribution >= 4 is 34.1 Å². The molecule has 0 N–H and O–H groups in total. The molecule has 5 rings (SSSR count). The third-order valence-electron chi connectivity index (χ3n) is 7.00. The van der Waals surface area contributed by atoms with Crippen molar-refractivity contribution in [2.75, 3.05) is 7.11 Å². The molecular formula is C32H28O7. The molecule has 4 aromatic carbocycles. The maximum atomic E-state index is 12.6. The zero-order valence-electron chi connectivity index (χ0n) is 22.1. The zero-order valence-corrected chi connectivity index (χ0v) is 22.1. The topological polar surface area (TPSA) is 84.2 Å². The lowest BCUT2D eigenvalue weighted by Crippen LogP contribution is -2.22. The van der Waals surface area contributed by atoms with Crippen molar-refractivity contribution in [3.8, 4) is 23.0 Å². The fourth-order valence-electron chi connectivity index (χ4n) is 4.66. The SMILES string of the molecule is CCC(C)(c1ccc(OC(C)=O)cc1)c1ccc(OC(=O)Oc2ccc3oc4ccc(OC)cc4c3c2)cc1. The fourth-order valence-corrected chi connectivity index (χ4v) is 4.66. The predicted octanol–water partition coefficient (Wildman–Crippen LogP) is 7.81. The fraction of sp³-hybridized carbons (Fsp3) is 0.188. The Kier molecular flexibility index (Phi) is 6.98. The summed E-state index contributed by atoms with van der Waals surface area (Å²) in [6.07, 6.45) is -0.00839. The van der Waals surface area contributed by atoms with E-state index >= 15 is 0 Å². The van der Waals surface area contributed by atoms with Gasteiger partial charge in [-0.25, -0.2) is 4.79 Å². The Labute approximate surface area is 225 Å². The van der Waals surface area contributed by atoms with Gasteiger partial charge in [0.1, 0.15) is 34.2 Å². The first-order chi connectivity index (χ1) is 18.8.